The highest BCUT2D eigenvalue weighted by molar-refractivity contribution is 6.04. The fraction of sp³-hybridized carbons (Fsp3) is 0.412. The Labute approximate surface area is 135 Å². The van der Waals surface area contributed by atoms with Gasteiger partial charge >= 0.3 is 0 Å². The van der Waals surface area contributed by atoms with E-state index < -0.39 is 0 Å². The van der Waals surface area contributed by atoms with E-state index in [9.17, 15) is 4.79 Å². The van der Waals surface area contributed by atoms with Crippen molar-refractivity contribution in [2.45, 2.75) is 20.3 Å². The van der Waals surface area contributed by atoms with Crippen molar-refractivity contribution >= 4 is 17.3 Å². The van der Waals surface area contributed by atoms with Gasteiger partial charge in [-0.25, -0.2) is 0 Å². The minimum atomic E-state index is -0.183. The first-order valence-electron chi connectivity index (χ1n) is 7.97. The van der Waals surface area contributed by atoms with Crippen molar-refractivity contribution in [1.82, 2.24) is 10.2 Å². The van der Waals surface area contributed by atoms with Crippen LogP contribution in [0.1, 0.15) is 28.7 Å². The predicted octanol–water partition coefficient (Wildman–Crippen LogP) is 2.37. The van der Waals surface area contributed by atoms with Crippen LogP contribution in [0.4, 0.5) is 11.4 Å². The third kappa shape index (κ3) is 3.37. The highest BCUT2D eigenvalue weighted by Crippen LogP contribution is 2.20. The van der Waals surface area contributed by atoms with Crippen molar-refractivity contribution in [2.24, 2.45) is 0 Å². The number of aromatic amines is 1. The highest BCUT2D eigenvalue weighted by Gasteiger charge is 2.16. The summed E-state index contributed by atoms with van der Waals surface area (Å²) in [6.07, 6.45) is 0.834. The maximum absolute atomic E-state index is 12.3. The largest absolute Gasteiger partial charge is 0.378 e. The Morgan fingerprint density at radius 3 is 2.61 bits per heavy atom. The van der Waals surface area contributed by atoms with E-state index in [2.05, 4.69) is 20.4 Å². The van der Waals surface area contributed by atoms with Crippen LogP contribution in [0, 0.1) is 6.92 Å². The van der Waals surface area contributed by atoms with E-state index in [1.807, 2.05) is 38.1 Å². The van der Waals surface area contributed by atoms with E-state index in [0.717, 1.165) is 55.4 Å². The average molecular weight is 314 g/mol. The molecule has 122 valence electrons. The number of benzene rings is 1. The SMILES string of the molecule is CCc1[nH]nc(C(=O)Nc2ccc(N3CCOCC3)cc2)c1C. The summed E-state index contributed by atoms with van der Waals surface area (Å²) in [4.78, 5) is 14.6. The molecule has 0 atom stereocenters. The number of H-pyrrole nitrogens is 1. The molecule has 2 N–H and O–H groups in total. The van der Waals surface area contributed by atoms with Gasteiger partial charge in [-0.15, -0.1) is 0 Å². The number of amides is 1. The van der Waals surface area contributed by atoms with Crippen molar-refractivity contribution in [2.75, 3.05) is 36.5 Å². The standard InChI is InChI=1S/C17H22N4O2/c1-3-15-12(2)16(20-19-15)17(22)18-13-4-6-14(7-5-13)21-8-10-23-11-9-21/h4-7H,3,8-11H2,1-2H3,(H,18,22)(H,19,20). The number of anilines is 2. The van der Waals surface area contributed by atoms with Gasteiger partial charge in [-0.2, -0.15) is 5.10 Å². The number of carbonyl (C=O) groups is 1. The molecule has 0 radical (unpaired) electrons. The van der Waals surface area contributed by atoms with Gasteiger partial charge in [-0.05, 0) is 37.6 Å². The van der Waals surface area contributed by atoms with E-state index in [1.54, 1.807) is 0 Å². The molecule has 3 rings (SSSR count). The lowest BCUT2D eigenvalue weighted by molar-refractivity contribution is 0.102. The van der Waals surface area contributed by atoms with E-state index >= 15 is 0 Å². The molecule has 1 aliphatic rings. The Hall–Kier alpha value is -2.34. The van der Waals surface area contributed by atoms with E-state index in [0.29, 0.717) is 5.69 Å². The number of morpholine rings is 1. The minimum Gasteiger partial charge on any atom is -0.378 e. The first kappa shape index (κ1) is 15.6. The number of hydrogen-bond acceptors (Lipinski definition) is 4. The second-order valence-corrected chi connectivity index (χ2v) is 5.63. The van der Waals surface area contributed by atoms with E-state index in [-0.39, 0.29) is 5.91 Å². The van der Waals surface area contributed by atoms with E-state index in [4.69, 9.17) is 4.74 Å². The van der Waals surface area contributed by atoms with Gasteiger partial charge in [0.2, 0.25) is 0 Å². The van der Waals surface area contributed by atoms with Crippen LogP contribution >= 0.6 is 0 Å². The zero-order valence-electron chi connectivity index (χ0n) is 13.6. The lowest BCUT2D eigenvalue weighted by atomic mass is 10.1. The molecular formula is C17H22N4O2. The number of aryl methyl sites for hydroxylation is 1. The number of hydrogen-bond donors (Lipinski definition) is 2. The third-order valence-electron chi connectivity index (χ3n) is 4.18. The zero-order valence-corrected chi connectivity index (χ0v) is 13.6. The van der Waals surface area contributed by atoms with Crippen molar-refractivity contribution in [3.05, 3.63) is 41.2 Å². The van der Waals surface area contributed by atoms with Crippen LogP contribution in [0.25, 0.3) is 0 Å². The normalized spacial score (nSPS) is 14.8. The molecule has 2 aromatic rings. The first-order chi connectivity index (χ1) is 11.2. The molecule has 1 saturated heterocycles. The van der Waals surface area contributed by atoms with Crippen molar-refractivity contribution in [3.63, 3.8) is 0 Å². The van der Waals surface area contributed by atoms with Crippen LogP contribution in [0.15, 0.2) is 24.3 Å². The minimum absolute atomic E-state index is 0.183. The van der Waals surface area contributed by atoms with Gasteiger partial charge in [0.05, 0.1) is 13.2 Å². The summed E-state index contributed by atoms with van der Waals surface area (Å²) in [6, 6.07) is 7.89. The smallest absolute Gasteiger partial charge is 0.276 e. The number of aromatic nitrogens is 2. The van der Waals surface area contributed by atoms with Gasteiger partial charge in [0.15, 0.2) is 5.69 Å². The second kappa shape index (κ2) is 6.83. The number of rotatable bonds is 4. The summed E-state index contributed by atoms with van der Waals surface area (Å²) in [5, 5.41) is 9.93. The van der Waals surface area contributed by atoms with Gasteiger partial charge in [0, 0.05) is 35.7 Å². The van der Waals surface area contributed by atoms with Crippen LogP contribution in [0.3, 0.4) is 0 Å². The molecular weight excluding hydrogens is 292 g/mol. The maximum Gasteiger partial charge on any atom is 0.276 e. The lowest BCUT2D eigenvalue weighted by Crippen LogP contribution is -2.36. The van der Waals surface area contributed by atoms with Crippen LogP contribution in [0.2, 0.25) is 0 Å². The molecule has 1 fully saturated rings. The molecule has 0 unspecified atom stereocenters. The third-order valence-corrected chi connectivity index (χ3v) is 4.18. The Kier molecular flexibility index (Phi) is 4.62. The molecule has 6 nitrogen and oxygen atoms in total. The van der Waals surface area contributed by atoms with Crippen LogP contribution in [-0.2, 0) is 11.2 Å². The quantitative estimate of drug-likeness (QED) is 0.909. The summed E-state index contributed by atoms with van der Waals surface area (Å²) in [5.41, 5.74) is 4.29. The van der Waals surface area contributed by atoms with Gasteiger partial charge in [0.25, 0.3) is 5.91 Å². The summed E-state index contributed by atoms with van der Waals surface area (Å²) < 4.78 is 5.36. The van der Waals surface area contributed by atoms with Crippen LogP contribution < -0.4 is 10.2 Å². The molecule has 1 aliphatic heterocycles. The molecule has 0 spiro atoms. The van der Waals surface area contributed by atoms with Crippen LogP contribution in [0.5, 0.6) is 0 Å². The highest BCUT2D eigenvalue weighted by atomic mass is 16.5. The first-order valence-corrected chi connectivity index (χ1v) is 7.97. The number of nitrogens with zero attached hydrogens (tertiary/aromatic N) is 2. The van der Waals surface area contributed by atoms with Crippen molar-refractivity contribution in [1.29, 1.82) is 0 Å². The Morgan fingerprint density at radius 2 is 2.00 bits per heavy atom. The fourth-order valence-electron chi connectivity index (χ4n) is 2.77. The number of ether oxygens (including phenoxy) is 1. The number of carbonyl (C=O) groups excluding carboxylic acids is 1. The predicted molar refractivity (Wildman–Crippen MR) is 90.1 cm³/mol. The zero-order chi connectivity index (χ0) is 16.2. The van der Waals surface area contributed by atoms with Gasteiger partial charge in [-0.1, -0.05) is 6.92 Å². The Morgan fingerprint density at radius 1 is 1.30 bits per heavy atom. The molecule has 2 heterocycles. The summed E-state index contributed by atoms with van der Waals surface area (Å²) in [5.74, 6) is -0.183. The summed E-state index contributed by atoms with van der Waals surface area (Å²) >= 11 is 0. The maximum atomic E-state index is 12.3. The molecule has 0 aliphatic carbocycles. The topological polar surface area (TPSA) is 70.2 Å². The summed E-state index contributed by atoms with van der Waals surface area (Å²) in [6.45, 7) is 7.27. The van der Waals surface area contributed by atoms with E-state index in [1.165, 1.54) is 0 Å². The number of nitrogens with one attached hydrogen (secondary N) is 2. The van der Waals surface area contributed by atoms with Crippen molar-refractivity contribution in [3.8, 4) is 0 Å². The lowest BCUT2D eigenvalue weighted by Gasteiger charge is -2.28. The Balaban J connectivity index is 1.67. The van der Waals surface area contributed by atoms with Gasteiger partial charge in [0.1, 0.15) is 0 Å². The molecule has 0 bridgehead atoms. The average Bonchev–Trinajstić information content (AvgIpc) is 2.97. The molecule has 1 aromatic carbocycles. The van der Waals surface area contributed by atoms with Crippen LogP contribution in [-0.4, -0.2) is 42.4 Å². The molecule has 1 amide bonds. The van der Waals surface area contributed by atoms with Gasteiger partial charge in [-0.3, -0.25) is 9.89 Å². The monoisotopic (exact) mass is 314 g/mol. The van der Waals surface area contributed by atoms with Crippen molar-refractivity contribution < 1.29 is 9.53 Å². The molecule has 23 heavy (non-hydrogen) atoms. The van der Waals surface area contributed by atoms with Gasteiger partial charge < -0.3 is 15.0 Å². The fourth-order valence-corrected chi connectivity index (χ4v) is 2.77. The molecule has 6 heteroatoms. The second-order valence-electron chi connectivity index (χ2n) is 5.63. The molecule has 0 saturated carbocycles. The molecule has 1 aromatic heterocycles. The summed E-state index contributed by atoms with van der Waals surface area (Å²) in [7, 11) is 0. The Bertz CT molecular complexity index is 672.